The summed E-state index contributed by atoms with van der Waals surface area (Å²) in [7, 11) is 0. The molecule has 64 valence electrons. The van der Waals surface area contributed by atoms with Crippen molar-refractivity contribution in [2.75, 3.05) is 0 Å². The first-order chi connectivity index (χ1) is 5.27. The largest absolute Gasteiger partial charge is 0.328 e. The first-order valence-electron chi connectivity index (χ1n) is 5.03. The van der Waals surface area contributed by atoms with Crippen LogP contribution in [0.4, 0.5) is 0 Å². The molecule has 0 unspecified atom stereocenters. The Bertz CT molecular complexity index is 134. The number of hydrogen-bond donors (Lipinski definition) is 1. The van der Waals surface area contributed by atoms with Crippen molar-refractivity contribution in [3.8, 4) is 0 Å². The molecule has 0 amide bonds. The molecule has 3 rings (SSSR count). The Hall–Kier alpha value is -0.0400. The topological polar surface area (TPSA) is 26.0 Å². The van der Waals surface area contributed by atoms with Crippen LogP contribution in [0.3, 0.4) is 0 Å². The predicted octanol–water partition coefficient (Wildman–Crippen LogP) is 2.16. The van der Waals surface area contributed by atoms with Crippen molar-refractivity contribution in [2.45, 2.75) is 45.1 Å². The molecule has 0 aromatic heterocycles. The predicted molar refractivity (Wildman–Crippen MR) is 47.2 cm³/mol. The molecule has 0 heterocycles. The van der Waals surface area contributed by atoms with Crippen molar-refractivity contribution < 1.29 is 0 Å². The van der Waals surface area contributed by atoms with E-state index in [1.54, 1.807) is 0 Å². The second kappa shape index (κ2) is 2.78. The Morgan fingerprint density at radius 2 is 1.82 bits per heavy atom. The first-order valence-corrected chi connectivity index (χ1v) is 5.03. The maximum absolute atomic E-state index is 5.95. The summed E-state index contributed by atoms with van der Waals surface area (Å²) < 4.78 is 0. The van der Waals surface area contributed by atoms with Crippen molar-refractivity contribution in [1.82, 2.24) is 0 Å². The smallest absolute Gasteiger partial charge is 0.00415 e. The van der Waals surface area contributed by atoms with Crippen LogP contribution < -0.4 is 5.73 Å². The lowest BCUT2D eigenvalue weighted by Gasteiger charge is -2.44. The normalized spacial score (nSPS) is 45.8. The van der Waals surface area contributed by atoms with Crippen LogP contribution in [0.1, 0.15) is 39.0 Å². The second-order valence-corrected chi connectivity index (χ2v) is 4.54. The summed E-state index contributed by atoms with van der Waals surface area (Å²) in [6.07, 6.45) is 7.36. The summed E-state index contributed by atoms with van der Waals surface area (Å²) in [6, 6.07) is 0.447. The minimum absolute atomic E-state index is 0.447. The van der Waals surface area contributed by atoms with Gasteiger partial charge in [0, 0.05) is 6.04 Å². The molecule has 3 aliphatic rings. The van der Waals surface area contributed by atoms with E-state index >= 15 is 0 Å². The summed E-state index contributed by atoms with van der Waals surface area (Å²) in [5.74, 6) is 2.89. The molecule has 11 heavy (non-hydrogen) atoms. The van der Waals surface area contributed by atoms with E-state index in [4.69, 9.17) is 5.73 Å². The van der Waals surface area contributed by atoms with E-state index in [1.165, 1.54) is 32.1 Å². The standard InChI is InChI=1S/C10H19N/c1-7(11)10-6-8-2-4-9(10)5-3-8/h7-10H,2-6,11H2,1H3/t7-,8?,9?,10+/m0/s1. The number of fused-ring (bicyclic) bond motifs is 3. The van der Waals surface area contributed by atoms with Crippen LogP contribution in [-0.4, -0.2) is 6.04 Å². The number of hydrogen-bond acceptors (Lipinski definition) is 1. The fourth-order valence-electron chi connectivity index (χ4n) is 3.07. The molecule has 3 fully saturated rings. The van der Waals surface area contributed by atoms with Crippen molar-refractivity contribution in [3.63, 3.8) is 0 Å². The van der Waals surface area contributed by atoms with Gasteiger partial charge in [-0.3, -0.25) is 0 Å². The Morgan fingerprint density at radius 3 is 2.09 bits per heavy atom. The van der Waals surface area contributed by atoms with Crippen LogP contribution in [-0.2, 0) is 0 Å². The molecule has 0 aromatic carbocycles. The van der Waals surface area contributed by atoms with E-state index in [2.05, 4.69) is 6.92 Å². The van der Waals surface area contributed by atoms with Gasteiger partial charge >= 0.3 is 0 Å². The Morgan fingerprint density at radius 1 is 1.18 bits per heavy atom. The average molecular weight is 153 g/mol. The lowest BCUT2D eigenvalue weighted by Crippen LogP contribution is -2.40. The fraction of sp³-hybridized carbons (Fsp3) is 1.00. The van der Waals surface area contributed by atoms with Crippen molar-refractivity contribution in [2.24, 2.45) is 23.5 Å². The highest BCUT2D eigenvalue weighted by Gasteiger charge is 2.36. The SMILES string of the molecule is C[C@H](N)[C@H]1CC2CCC1CC2. The Balaban J connectivity index is 2.03. The number of rotatable bonds is 1. The average Bonchev–Trinajstić information content (AvgIpc) is 2.06. The summed E-state index contributed by atoms with van der Waals surface area (Å²) in [5.41, 5.74) is 5.95. The molecule has 0 aromatic rings. The van der Waals surface area contributed by atoms with Gasteiger partial charge in [-0.25, -0.2) is 0 Å². The van der Waals surface area contributed by atoms with Crippen LogP contribution in [0.2, 0.25) is 0 Å². The highest BCUT2D eigenvalue weighted by atomic mass is 14.7. The molecule has 2 N–H and O–H groups in total. The van der Waals surface area contributed by atoms with Crippen LogP contribution in [0, 0.1) is 17.8 Å². The molecule has 2 atom stereocenters. The van der Waals surface area contributed by atoms with Crippen LogP contribution >= 0.6 is 0 Å². The molecule has 1 nitrogen and oxygen atoms in total. The molecule has 0 saturated heterocycles. The van der Waals surface area contributed by atoms with E-state index in [0.29, 0.717) is 6.04 Å². The molecular formula is C10H19N. The van der Waals surface area contributed by atoms with E-state index in [9.17, 15) is 0 Å². The van der Waals surface area contributed by atoms with E-state index < -0.39 is 0 Å². The molecule has 0 radical (unpaired) electrons. The zero-order chi connectivity index (χ0) is 7.84. The number of nitrogens with two attached hydrogens (primary N) is 1. The lowest BCUT2D eigenvalue weighted by atomic mass is 9.63. The summed E-state index contributed by atoms with van der Waals surface area (Å²) in [6.45, 7) is 2.19. The third-order valence-electron chi connectivity index (χ3n) is 3.78. The quantitative estimate of drug-likeness (QED) is 0.614. The van der Waals surface area contributed by atoms with Crippen molar-refractivity contribution in [1.29, 1.82) is 0 Å². The van der Waals surface area contributed by atoms with Gasteiger partial charge in [0.05, 0.1) is 0 Å². The molecule has 3 saturated carbocycles. The lowest BCUT2D eigenvalue weighted by molar-refractivity contribution is 0.0849. The van der Waals surface area contributed by atoms with Gasteiger partial charge in [0.25, 0.3) is 0 Å². The second-order valence-electron chi connectivity index (χ2n) is 4.54. The van der Waals surface area contributed by atoms with Gasteiger partial charge in [0.1, 0.15) is 0 Å². The molecule has 3 aliphatic carbocycles. The van der Waals surface area contributed by atoms with Crippen LogP contribution in [0.5, 0.6) is 0 Å². The zero-order valence-electron chi connectivity index (χ0n) is 7.42. The van der Waals surface area contributed by atoms with Crippen molar-refractivity contribution >= 4 is 0 Å². The monoisotopic (exact) mass is 153 g/mol. The third kappa shape index (κ3) is 1.31. The van der Waals surface area contributed by atoms with E-state index in [0.717, 1.165) is 17.8 Å². The maximum Gasteiger partial charge on any atom is 0.00415 e. The minimum atomic E-state index is 0.447. The van der Waals surface area contributed by atoms with Gasteiger partial charge < -0.3 is 5.73 Å². The zero-order valence-corrected chi connectivity index (χ0v) is 7.42. The van der Waals surface area contributed by atoms with E-state index in [1.807, 2.05) is 0 Å². The van der Waals surface area contributed by atoms with Gasteiger partial charge in [-0.1, -0.05) is 12.8 Å². The molecule has 2 bridgehead atoms. The highest BCUT2D eigenvalue weighted by molar-refractivity contribution is 4.89. The van der Waals surface area contributed by atoms with Gasteiger partial charge in [0.15, 0.2) is 0 Å². The first kappa shape index (κ1) is 7.60. The highest BCUT2D eigenvalue weighted by Crippen LogP contribution is 2.45. The minimum Gasteiger partial charge on any atom is -0.328 e. The van der Waals surface area contributed by atoms with Gasteiger partial charge in [0.2, 0.25) is 0 Å². The van der Waals surface area contributed by atoms with Crippen LogP contribution in [0.15, 0.2) is 0 Å². The fourth-order valence-corrected chi connectivity index (χ4v) is 3.07. The molecular weight excluding hydrogens is 134 g/mol. The van der Waals surface area contributed by atoms with Crippen molar-refractivity contribution in [3.05, 3.63) is 0 Å². The maximum atomic E-state index is 5.95. The Labute approximate surface area is 69.4 Å². The molecule has 0 aliphatic heterocycles. The summed E-state index contributed by atoms with van der Waals surface area (Å²) in [5, 5.41) is 0. The molecule has 1 heteroatoms. The molecule has 0 spiro atoms. The van der Waals surface area contributed by atoms with Gasteiger partial charge in [-0.05, 0) is 43.9 Å². The van der Waals surface area contributed by atoms with Crippen LogP contribution in [0.25, 0.3) is 0 Å². The summed E-state index contributed by atoms with van der Waals surface area (Å²) >= 11 is 0. The third-order valence-corrected chi connectivity index (χ3v) is 3.78. The summed E-state index contributed by atoms with van der Waals surface area (Å²) in [4.78, 5) is 0. The van der Waals surface area contributed by atoms with E-state index in [-0.39, 0.29) is 0 Å². The van der Waals surface area contributed by atoms with Gasteiger partial charge in [-0.2, -0.15) is 0 Å². The van der Waals surface area contributed by atoms with Gasteiger partial charge in [-0.15, -0.1) is 0 Å². The Kier molecular flexibility index (Phi) is 1.92.